The van der Waals surface area contributed by atoms with Crippen molar-refractivity contribution in [3.63, 3.8) is 0 Å². The van der Waals surface area contributed by atoms with E-state index < -0.39 is 0 Å². The van der Waals surface area contributed by atoms with Gasteiger partial charge in [0.15, 0.2) is 0 Å². The molecule has 1 aliphatic rings. The Hall–Kier alpha value is -0.340. The Morgan fingerprint density at radius 3 is 2.79 bits per heavy atom. The van der Waals surface area contributed by atoms with Gasteiger partial charge in [0.1, 0.15) is 0 Å². The number of hydrogen-bond donors (Lipinski definition) is 1. The highest BCUT2D eigenvalue weighted by Gasteiger charge is 2.10. The highest BCUT2D eigenvalue weighted by Crippen LogP contribution is 2.28. The van der Waals surface area contributed by atoms with Crippen molar-refractivity contribution in [1.29, 1.82) is 0 Å². The van der Waals surface area contributed by atoms with E-state index in [0.29, 0.717) is 0 Å². The summed E-state index contributed by atoms with van der Waals surface area (Å²) in [7, 11) is 2.02. The minimum atomic E-state index is 1.04. The topological polar surface area (TPSA) is 12.0 Å². The Balaban J connectivity index is 2.14. The van der Waals surface area contributed by atoms with Crippen molar-refractivity contribution < 1.29 is 0 Å². The number of rotatable bonds is 2. The average Bonchev–Trinajstić information content (AvgIpc) is 2.48. The van der Waals surface area contributed by atoms with Gasteiger partial charge in [0.05, 0.1) is 0 Å². The van der Waals surface area contributed by atoms with E-state index in [1.165, 1.54) is 43.4 Å². The second-order valence-electron chi connectivity index (χ2n) is 4.11. The molecule has 0 spiro atoms. The molecule has 0 aromatic carbocycles. The maximum atomic E-state index is 3.23. The summed E-state index contributed by atoms with van der Waals surface area (Å²) >= 11 is 2.02. The van der Waals surface area contributed by atoms with Crippen LogP contribution in [0.15, 0.2) is 6.07 Å². The second-order valence-corrected chi connectivity index (χ2v) is 5.33. The minimum Gasteiger partial charge on any atom is -0.315 e. The van der Waals surface area contributed by atoms with Gasteiger partial charge in [0.25, 0.3) is 0 Å². The molecule has 0 unspecified atom stereocenters. The Bertz CT molecular complexity index is 265. The zero-order valence-electron chi connectivity index (χ0n) is 8.94. The Labute approximate surface area is 90.5 Å². The Morgan fingerprint density at radius 2 is 2.00 bits per heavy atom. The highest BCUT2D eigenvalue weighted by molar-refractivity contribution is 7.12. The van der Waals surface area contributed by atoms with Crippen molar-refractivity contribution in [1.82, 2.24) is 5.32 Å². The molecule has 1 nitrogen and oxygen atoms in total. The SMILES string of the molecule is CNCc1cc2c(s1)CCCCCC2. The van der Waals surface area contributed by atoms with Gasteiger partial charge in [-0.2, -0.15) is 0 Å². The molecule has 0 atom stereocenters. The largest absolute Gasteiger partial charge is 0.315 e. The Kier molecular flexibility index (Phi) is 3.60. The van der Waals surface area contributed by atoms with E-state index in [0.717, 1.165) is 6.54 Å². The predicted octanol–water partition coefficient (Wildman–Crippen LogP) is 3.13. The molecule has 78 valence electrons. The molecule has 2 rings (SSSR count). The molecule has 1 N–H and O–H groups in total. The van der Waals surface area contributed by atoms with Crippen LogP contribution in [-0.4, -0.2) is 7.05 Å². The molecule has 14 heavy (non-hydrogen) atoms. The van der Waals surface area contributed by atoms with Crippen molar-refractivity contribution in [3.8, 4) is 0 Å². The normalized spacial score (nSPS) is 17.2. The lowest BCUT2D eigenvalue weighted by atomic mass is 10.00. The van der Waals surface area contributed by atoms with E-state index in [1.807, 2.05) is 18.4 Å². The van der Waals surface area contributed by atoms with Gasteiger partial charge >= 0.3 is 0 Å². The van der Waals surface area contributed by atoms with E-state index >= 15 is 0 Å². The van der Waals surface area contributed by atoms with E-state index in [9.17, 15) is 0 Å². The smallest absolute Gasteiger partial charge is 0.0296 e. The lowest BCUT2D eigenvalue weighted by Crippen LogP contribution is -2.02. The lowest BCUT2D eigenvalue weighted by Gasteiger charge is -2.07. The number of hydrogen-bond acceptors (Lipinski definition) is 2. The zero-order chi connectivity index (χ0) is 9.80. The molecule has 0 saturated carbocycles. The summed E-state index contributed by atoms with van der Waals surface area (Å²) in [6.07, 6.45) is 8.28. The van der Waals surface area contributed by atoms with Crippen molar-refractivity contribution in [2.75, 3.05) is 7.05 Å². The molecule has 0 radical (unpaired) electrons. The third-order valence-electron chi connectivity index (χ3n) is 2.90. The van der Waals surface area contributed by atoms with E-state index in [-0.39, 0.29) is 0 Å². The lowest BCUT2D eigenvalue weighted by molar-refractivity contribution is 0.622. The molecule has 1 aromatic rings. The molecule has 1 aromatic heterocycles. The summed E-state index contributed by atoms with van der Waals surface area (Å²) in [5, 5.41) is 3.23. The van der Waals surface area contributed by atoms with Crippen LogP contribution in [0.4, 0.5) is 0 Å². The number of thiophene rings is 1. The summed E-state index contributed by atoms with van der Waals surface area (Å²) < 4.78 is 0. The summed E-state index contributed by atoms with van der Waals surface area (Å²) in [6.45, 7) is 1.04. The minimum absolute atomic E-state index is 1.04. The third-order valence-corrected chi connectivity index (χ3v) is 4.14. The molecule has 0 aliphatic heterocycles. The van der Waals surface area contributed by atoms with Crippen LogP contribution < -0.4 is 5.32 Å². The van der Waals surface area contributed by atoms with E-state index in [2.05, 4.69) is 11.4 Å². The highest BCUT2D eigenvalue weighted by atomic mass is 32.1. The van der Waals surface area contributed by atoms with Crippen LogP contribution in [0.5, 0.6) is 0 Å². The molecule has 1 heterocycles. The maximum absolute atomic E-state index is 3.23. The first kappa shape index (κ1) is 10.2. The Morgan fingerprint density at radius 1 is 1.21 bits per heavy atom. The van der Waals surface area contributed by atoms with Crippen LogP contribution in [0.3, 0.4) is 0 Å². The monoisotopic (exact) mass is 209 g/mol. The maximum Gasteiger partial charge on any atom is 0.0296 e. The van der Waals surface area contributed by atoms with Crippen molar-refractivity contribution in [3.05, 3.63) is 21.4 Å². The quantitative estimate of drug-likeness (QED) is 0.789. The molecule has 2 heteroatoms. The average molecular weight is 209 g/mol. The van der Waals surface area contributed by atoms with Crippen LogP contribution >= 0.6 is 11.3 Å². The summed E-state index contributed by atoms with van der Waals surface area (Å²) in [6, 6.07) is 2.42. The standard InChI is InChI=1S/C12H19NS/c1-13-9-11-8-10-6-4-2-3-5-7-12(10)14-11/h8,13H,2-7,9H2,1H3. The van der Waals surface area contributed by atoms with Crippen LogP contribution in [0, 0.1) is 0 Å². The number of fused-ring (bicyclic) bond motifs is 1. The first-order valence-corrected chi connectivity index (χ1v) is 6.47. The van der Waals surface area contributed by atoms with E-state index in [4.69, 9.17) is 0 Å². The fourth-order valence-corrected chi connectivity index (χ4v) is 3.44. The fraction of sp³-hybridized carbons (Fsp3) is 0.667. The summed E-state index contributed by atoms with van der Waals surface area (Å²) in [4.78, 5) is 3.18. The third kappa shape index (κ3) is 2.37. The fourth-order valence-electron chi connectivity index (χ4n) is 2.17. The van der Waals surface area contributed by atoms with Gasteiger partial charge in [0.2, 0.25) is 0 Å². The number of aryl methyl sites for hydroxylation is 2. The summed E-state index contributed by atoms with van der Waals surface area (Å²) in [5.41, 5.74) is 1.64. The molecular weight excluding hydrogens is 190 g/mol. The van der Waals surface area contributed by atoms with Crippen molar-refractivity contribution in [2.24, 2.45) is 0 Å². The molecule has 0 amide bonds. The predicted molar refractivity (Wildman–Crippen MR) is 63.0 cm³/mol. The van der Waals surface area contributed by atoms with Gasteiger partial charge in [0, 0.05) is 16.3 Å². The molecular formula is C12H19NS. The van der Waals surface area contributed by atoms with Gasteiger partial charge in [-0.3, -0.25) is 0 Å². The van der Waals surface area contributed by atoms with Gasteiger partial charge < -0.3 is 5.32 Å². The van der Waals surface area contributed by atoms with Gasteiger partial charge in [-0.05, 0) is 44.4 Å². The summed E-state index contributed by atoms with van der Waals surface area (Å²) in [5.74, 6) is 0. The number of nitrogens with one attached hydrogen (secondary N) is 1. The zero-order valence-corrected chi connectivity index (χ0v) is 9.75. The second kappa shape index (κ2) is 4.94. The molecule has 0 fully saturated rings. The van der Waals surface area contributed by atoms with E-state index in [1.54, 1.807) is 10.4 Å². The first-order chi connectivity index (χ1) is 6.90. The molecule has 0 bridgehead atoms. The van der Waals surface area contributed by atoms with Crippen molar-refractivity contribution in [2.45, 2.75) is 45.1 Å². The van der Waals surface area contributed by atoms with Crippen LogP contribution in [0.2, 0.25) is 0 Å². The van der Waals surface area contributed by atoms with Gasteiger partial charge in [-0.1, -0.05) is 12.8 Å². The molecule has 1 aliphatic carbocycles. The molecule has 0 saturated heterocycles. The van der Waals surface area contributed by atoms with Gasteiger partial charge in [-0.15, -0.1) is 11.3 Å². The van der Waals surface area contributed by atoms with Gasteiger partial charge in [-0.25, -0.2) is 0 Å². The first-order valence-electron chi connectivity index (χ1n) is 5.65. The van der Waals surface area contributed by atoms with Crippen molar-refractivity contribution >= 4 is 11.3 Å². The van der Waals surface area contributed by atoms with Crippen LogP contribution in [-0.2, 0) is 19.4 Å². The van der Waals surface area contributed by atoms with Crippen LogP contribution in [0.1, 0.15) is 41.0 Å². The van der Waals surface area contributed by atoms with Crippen LogP contribution in [0.25, 0.3) is 0 Å².